The van der Waals surface area contributed by atoms with Gasteiger partial charge in [-0.2, -0.15) is 0 Å². The smallest absolute Gasteiger partial charge is 0.248 e. The van der Waals surface area contributed by atoms with Crippen molar-refractivity contribution in [1.29, 1.82) is 0 Å². The van der Waals surface area contributed by atoms with Gasteiger partial charge in [0.05, 0.1) is 20.8 Å². The first-order chi connectivity index (χ1) is 12.1. The lowest BCUT2D eigenvalue weighted by Gasteiger charge is -2.09. The van der Waals surface area contributed by atoms with Gasteiger partial charge in [0.2, 0.25) is 11.7 Å². The third kappa shape index (κ3) is 4.91. The number of ether oxygens (including phenoxy) is 3. The lowest BCUT2D eigenvalue weighted by atomic mass is 10.1. The molecule has 0 atom stereocenters. The Morgan fingerprint density at radius 3 is 2.24 bits per heavy atom. The summed E-state index contributed by atoms with van der Waals surface area (Å²) in [5.74, 6) is 0.923. The molecule has 0 fully saturated rings. The van der Waals surface area contributed by atoms with Crippen LogP contribution in [0.2, 0.25) is 0 Å². The number of methoxy groups -OCH3 is 2. The summed E-state index contributed by atoms with van der Waals surface area (Å²) in [6.07, 6.45) is 3.00. The van der Waals surface area contributed by atoms with Gasteiger partial charge in [-0.3, -0.25) is 4.79 Å². The third-order valence-corrected chi connectivity index (χ3v) is 3.36. The lowest BCUT2D eigenvalue weighted by Crippen LogP contribution is -2.07. The maximum Gasteiger partial charge on any atom is 0.248 e. The molecule has 2 aromatic carbocycles. The van der Waals surface area contributed by atoms with Crippen molar-refractivity contribution in [2.45, 2.75) is 6.92 Å². The van der Waals surface area contributed by atoms with Gasteiger partial charge in [-0.05, 0) is 55.0 Å². The van der Waals surface area contributed by atoms with Gasteiger partial charge in [-0.25, -0.2) is 0 Å². The molecule has 1 amide bonds. The summed E-state index contributed by atoms with van der Waals surface area (Å²) in [5, 5.41) is 12.6. The first-order valence-corrected chi connectivity index (χ1v) is 7.74. The topological polar surface area (TPSA) is 77.0 Å². The molecule has 0 radical (unpaired) electrons. The Morgan fingerprint density at radius 2 is 1.72 bits per heavy atom. The number of aromatic hydroxyl groups is 1. The van der Waals surface area contributed by atoms with Crippen molar-refractivity contribution in [2.24, 2.45) is 0 Å². The number of anilines is 1. The van der Waals surface area contributed by atoms with Gasteiger partial charge in [0.1, 0.15) is 5.75 Å². The minimum Gasteiger partial charge on any atom is -0.502 e. The van der Waals surface area contributed by atoms with Crippen LogP contribution in [0.25, 0.3) is 6.08 Å². The molecule has 6 heteroatoms. The molecule has 0 saturated heterocycles. The molecular weight excluding hydrogens is 322 g/mol. The number of carbonyl (C=O) groups excluding carboxylic acids is 1. The number of phenolic OH excluding ortho intramolecular Hbond substituents is 1. The quantitative estimate of drug-likeness (QED) is 0.753. The van der Waals surface area contributed by atoms with Gasteiger partial charge in [-0.15, -0.1) is 0 Å². The largest absolute Gasteiger partial charge is 0.502 e. The summed E-state index contributed by atoms with van der Waals surface area (Å²) < 4.78 is 15.5. The van der Waals surface area contributed by atoms with Crippen molar-refractivity contribution < 1.29 is 24.1 Å². The van der Waals surface area contributed by atoms with Gasteiger partial charge in [0.15, 0.2) is 11.5 Å². The maximum atomic E-state index is 12.0. The number of amides is 1. The van der Waals surface area contributed by atoms with Gasteiger partial charge in [-0.1, -0.05) is 0 Å². The van der Waals surface area contributed by atoms with E-state index in [9.17, 15) is 9.90 Å². The van der Waals surface area contributed by atoms with Crippen molar-refractivity contribution in [1.82, 2.24) is 0 Å². The van der Waals surface area contributed by atoms with Crippen LogP contribution in [0.5, 0.6) is 23.0 Å². The Hall–Kier alpha value is -3.15. The van der Waals surface area contributed by atoms with E-state index in [4.69, 9.17) is 14.2 Å². The summed E-state index contributed by atoms with van der Waals surface area (Å²) in [6.45, 7) is 2.50. The van der Waals surface area contributed by atoms with E-state index in [1.807, 2.05) is 6.92 Å². The number of carbonyl (C=O) groups is 1. The second-order valence-electron chi connectivity index (χ2n) is 5.05. The van der Waals surface area contributed by atoms with Crippen molar-refractivity contribution in [3.05, 3.63) is 48.0 Å². The molecule has 0 saturated carbocycles. The van der Waals surface area contributed by atoms with E-state index >= 15 is 0 Å². The Kier molecular flexibility index (Phi) is 6.28. The van der Waals surface area contributed by atoms with Crippen molar-refractivity contribution >= 4 is 17.7 Å². The summed E-state index contributed by atoms with van der Waals surface area (Å²) in [6, 6.07) is 10.3. The van der Waals surface area contributed by atoms with E-state index in [1.165, 1.54) is 20.3 Å². The summed E-state index contributed by atoms with van der Waals surface area (Å²) >= 11 is 0. The van der Waals surface area contributed by atoms with Crippen LogP contribution in [0.3, 0.4) is 0 Å². The van der Waals surface area contributed by atoms with Crippen LogP contribution in [-0.4, -0.2) is 31.8 Å². The number of benzene rings is 2. The zero-order valence-electron chi connectivity index (χ0n) is 14.4. The average molecular weight is 343 g/mol. The van der Waals surface area contributed by atoms with Gasteiger partial charge in [0.25, 0.3) is 0 Å². The molecular formula is C19H21NO5. The molecule has 0 spiro atoms. The zero-order chi connectivity index (χ0) is 18.2. The second kappa shape index (κ2) is 8.63. The average Bonchev–Trinajstić information content (AvgIpc) is 2.62. The molecule has 0 aliphatic heterocycles. The van der Waals surface area contributed by atoms with Gasteiger partial charge < -0.3 is 24.6 Å². The number of rotatable bonds is 7. The Labute approximate surface area is 146 Å². The standard InChI is InChI=1S/C19H21NO5/c1-4-25-15-8-6-14(7-9-15)20-18(21)10-5-13-11-16(23-2)19(22)17(12-13)24-3/h5-12,22H,4H2,1-3H3,(H,20,21)/b10-5+. The van der Waals surface area contributed by atoms with Crippen LogP contribution >= 0.6 is 0 Å². The molecule has 0 heterocycles. The summed E-state index contributed by atoms with van der Waals surface area (Å²) in [7, 11) is 2.89. The van der Waals surface area contributed by atoms with Crippen LogP contribution in [0, 0.1) is 0 Å². The fraction of sp³-hybridized carbons (Fsp3) is 0.211. The highest BCUT2D eigenvalue weighted by Gasteiger charge is 2.10. The van der Waals surface area contributed by atoms with E-state index in [-0.39, 0.29) is 23.2 Å². The molecule has 2 aromatic rings. The number of nitrogens with one attached hydrogen (secondary N) is 1. The van der Waals surface area contributed by atoms with E-state index in [0.717, 1.165) is 5.75 Å². The number of hydrogen-bond acceptors (Lipinski definition) is 5. The monoisotopic (exact) mass is 343 g/mol. The minimum absolute atomic E-state index is 0.0824. The predicted molar refractivity (Wildman–Crippen MR) is 96.5 cm³/mol. The fourth-order valence-corrected chi connectivity index (χ4v) is 2.17. The van der Waals surface area contributed by atoms with Gasteiger partial charge >= 0.3 is 0 Å². The SMILES string of the molecule is CCOc1ccc(NC(=O)/C=C/c2cc(OC)c(O)c(OC)c2)cc1. The van der Waals surface area contributed by atoms with Crippen LogP contribution in [-0.2, 0) is 4.79 Å². The molecule has 6 nitrogen and oxygen atoms in total. The number of phenols is 1. The summed E-state index contributed by atoms with van der Waals surface area (Å²) in [4.78, 5) is 12.0. The lowest BCUT2D eigenvalue weighted by molar-refractivity contribution is -0.111. The van der Waals surface area contributed by atoms with Crippen LogP contribution < -0.4 is 19.5 Å². The Morgan fingerprint density at radius 1 is 1.12 bits per heavy atom. The predicted octanol–water partition coefficient (Wildman–Crippen LogP) is 3.46. The molecule has 25 heavy (non-hydrogen) atoms. The molecule has 0 unspecified atom stereocenters. The molecule has 0 aromatic heterocycles. The highest BCUT2D eigenvalue weighted by molar-refractivity contribution is 6.02. The first kappa shape index (κ1) is 18.2. The molecule has 0 aliphatic carbocycles. The van der Waals surface area contributed by atoms with Crippen molar-refractivity contribution in [2.75, 3.05) is 26.1 Å². The highest BCUT2D eigenvalue weighted by atomic mass is 16.5. The molecule has 2 N–H and O–H groups in total. The fourth-order valence-electron chi connectivity index (χ4n) is 2.17. The van der Waals surface area contributed by atoms with E-state index in [1.54, 1.807) is 42.5 Å². The van der Waals surface area contributed by atoms with Crippen LogP contribution in [0.1, 0.15) is 12.5 Å². The normalized spacial score (nSPS) is 10.5. The molecule has 0 aliphatic rings. The Bertz CT molecular complexity index is 728. The molecule has 2 rings (SSSR count). The van der Waals surface area contributed by atoms with E-state index in [2.05, 4.69) is 5.32 Å². The third-order valence-electron chi connectivity index (χ3n) is 3.36. The van der Waals surface area contributed by atoms with Crippen molar-refractivity contribution in [3.63, 3.8) is 0 Å². The highest BCUT2D eigenvalue weighted by Crippen LogP contribution is 2.37. The van der Waals surface area contributed by atoms with Gasteiger partial charge in [0, 0.05) is 11.8 Å². The maximum absolute atomic E-state index is 12.0. The summed E-state index contributed by atoms with van der Waals surface area (Å²) in [5.41, 5.74) is 1.33. The first-order valence-electron chi connectivity index (χ1n) is 7.74. The Balaban J connectivity index is 2.07. The minimum atomic E-state index is -0.282. The van der Waals surface area contributed by atoms with Crippen molar-refractivity contribution in [3.8, 4) is 23.0 Å². The second-order valence-corrected chi connectivity index (χ2v) is 5.05. The molecule has 0 bridgehead atoms. The van der Waals surface area contributed by atoms with Crippen LogP contribution in [0.4, 0.5) is 5.69 Å². The van der Waals surface area contributed by atoms with E-state index in [0.29, 0.717) is 17.9 Å². The molecule has 132 valence electrons. The zero-order valence-corrected chi connectivity index (χ0v) is 14.4. The van der Waals surface area contributed by atoms with Crippen LogP contribution in [0.15, 0.2) is 42.5 Å². The van der Waals surface area contributed by atoms with E-state index < -0.39 is 0 Å². The number of hydrogen-bond donors (Lipinski definition) is 2.